The van der Waals surface area contributed by atoms with Gasteiger partial charge in [-0.3, -0.25) is 4.90 Å². The van der Waals surface area contributed by atoms with Crippen LogP contribution < -0.4 is 15.1 Å². The number of carbonyl (C=O) groups is 1. The van der Waals surface area contributed by atoms with E-state index in [0.29, 0.717) is 38.4 Å². The van der Waals surface area contributed by atoms with E-state index in [4.69, 9.17) is 5.11 Å². The fourth-order valence-electron chi connectivity index (χ4n) is 3.90. The summed E-state index contributed by atoms with van der Waals surface area (Å²) >= 11 is 0. The van der Waals surface area contributed by atoms with Gasteiger partial charge in [-0.05, 0) is 30.3 Å². The van der Waals surface area contributed by atoms with Gasteiger partial charge in [0.25, 0.3) is 0 Å². The highest BCUT2D eigenvalue weighted by molar-refractivity contribution is 5.89. The smallest absolute Gasteiger partial charge is 0.321 e. The van der Waals surface area contributed by atoms with Gasteiger partial charge in [0.1, 0.15) is 5.82 Å². The Balaban J connectivity index is 1.26. The summed E-state index contributed by atoms with van der Waals surface area (Å²) < 4.78 is 13.3. The quantitative estimate of drug-likeness (QED) is 0.736. The van der Waals surface area contributed by atoms with Gasteiger partial charge in [-0.25, -0.2) is 9.18 Å². The highest BCUT2D eigenvalue weighted by atomic mass is 19.1. The fraction of sp³-hybridized carbons (Fsp3) is 0.476. The molecule has 0 aliphatic carbocycles. The second-order valence-electron chi connectivity index (χ2n) is 7.72. The lowest BCUT2D eigenvalue weighted by molar-refractivity contribution is 0.188. The first-order valence-corrected chi connectivity index (χ1v) is 10.6. The molecule has 0 spiro atoms. The van der Waals surface area contributed by atoms with Crippen molar-refractivity contribution in [2.45, 2.75) is 0 Å². The largest absolute Gasteiger partial charge is 0.395 e. The molecule has 1 aromatic carbocycles. The van der Waals surface area contributed by atoms with Crippen molar-refractivity contribution in [3.63, 3.8) is 0 Å². The van der Waals surface area contributed by atoms with E-state index in [1.54, 1.807) is 17.0 Å². The van der Waals surface area contributed by atoms with Crippen molar-refractivity contribution in [1.82, 2.24) is 20.0 Å². The maximum absolute atomic E-state index is 13.3. The van der Waals surface area contributed by atoms with Crippen LogP contribution in [0.2, 0.25) is 0 Å². The summed E-state index contributed by atoms with van der Waals surface area (Å²) in [4.78, 5) is 20.7. The molecule has 0 atom stereocenters. The normalized spacial score (nSPS) is 17.7. The van der Waals surface area contributed by atoms with Crippen molar-refractivity contribution in [3.8, 4) is 0 Å². The standard InChI is InChI=1S/C21H28FN7O2/c22-17-2-1-3-18(16-17)23-21(31)29-12-10-28(11-13-29)20-5-4-19(24-25-20)27-8-6-26(7-9-27)14-15-30/h1-5,16,30H,6-15H2,(H,23,31). The molecule has 0 radical (unpaired) electrons. The number of nitrogens with one attached hydrogen (secondary N) is 1. The van der Waals surface area contributed by atoms with E-state index in [1.807, 2.05) is 12.1 Å². The van der Waals surface area contributed by atoms with Crippen LogP contribution in [0.1, 0.15) is 0 Å². The molecule has 2 fully saturated rings. The van der Waals surface area contributed by atoms with Crippen LogP contribution in [0.25, 0.3) is 0 Å². The predicted molar refractivity (Wildman–Crippen MR) is 117 cm³/mol. The van der Waals surface area contributed by atoms with Gasteiger partial charge < -0.3 is 25.1 Å². The number of nitrogens with zero attached hydrogens (tertiary/aromatic N) is 6. The molecule has 2 saturated heterocycles. The summed E-state index contributed by atoms with van der Waals surface area (Å²) in [5.41, 5.74) is 0.450. The Morgan fingerprint density at radius 2 is 1.55 bits per heavy atom. The SMILES string of the molecule is O=C(Nc1cccc(F)c1)N1CCN(c2ccc(N3CCN(CCO)CC3)nn2)CC1. The van der Waals surface area contributed by atoms with Crippen LogP contribution in [-0.4, -0.2) is 96.6 Å². The minimum absolute atomic E-state index is 0.189. The Morgan fingerprint density at radius 1 is 0.935 bits per heavy atom. The van der Waals surface area contributed by atoms with Crippen molar-refractivity contribution in [1.29, 1.82) is 0 Å². The van der Waals surface area contributed by atoms with Gasteiger partial charge in [-0.1, -0.05) is 6.07 Å². The number of hydrogen-bond acceptors (Lipinski definition) is 7. The van der Waals surface area contributed by atoms with E-state index in [9.17, 15) is 9.18 Å². The lowest BCUT2D eigenvalue weighted by atomic mass is 10.3. The number of anilines is 3. The molecule has 31 heavy (non-hydrogen) atoms. The number of rotatable bonds is 5. The number of halogens is 1. The molecule has 10 heteroatoms. The van der Waals surface area contributed by atoms with E-state index in [-0.39, 0.29) is 18.5 Å². The highest BCUT2D eigenvalue weighted by Gasteiger charge is 2.23. The van der Waals surface area contributed by atoms with E-state index in [1.165, 1.54) is 12.1 Å². The zero-order valence-electron chi connectivity index (χ0n) is 17.5. The van der Waals surface area contributed by atoms with Gasteiger partial charge in [0.05, 0.1) is 6.61 Å². The number of urea groups is 1. The highest BCUT2D eigenvalue weighted by Crippen LogP contribution is 2.18. The molecule has 4 rings (SSSR count). The second kappa shape index (κ2) is 9.88. The summed E-state index contributed by atoms with van der Waals surface area (Å²) in [6.07, 6.45) is 0. The first-order valence-electron chi connectivity index (χ1n) is 10.6. The van der Waals surface area contributed by atoms with Gasteiger partial charge in [0.15, 0.2) is 11.6 Å². The summed E-state index contributed by atoms with van der Waals surface area (Å²) in [7, 11) is 0. The van der Waals surface area contributed by atoms with Crippen LogP contribution in [0.4, 0.5) is 26.5 Å². The number of hydrogen-bond donors (Lipinski definition) is 2. The number of amides is 2. The number of aliphatic hydroxyl groups excluding tert-OH is 1. The molecule has 2 N–H and O–H groups in total. The Bertz CT molecular complexity index is 866. The molecule has 0 saturated carbocycles. The van der Waals surface area contributed by atoms with E-state index in [0.717, 1.165) is 37.8 Å². The summed E-state index contributed by atoms with van der Waals surface area (Å²) in [6, 6.07) is 9.63. The van der Waals surface area contributed by atoms with Gasteiger partial charge in [-0.15, -0.1) is 10.2 Å². The molecular formula is C21H28FN7O2. The molecule has 2 aliphatic heterocycles. The third kappa shape index (κ3) is 5.39. The first kappa shape index (κ1) is 21.3. The van der Waals surface area contributed by atoms with Crippen LogP contribution in [0.5, 0.6) is 0 Å². The minimum Gasteiger partial charge on any atom is -0.395 e. The number of carbonyl (C=O) groups excluding carboxylic acids is 1. The Kier molecular flexibility index (Phi) is 6.78. The molecule has 1 aromatic heterocycles. The number of piperazine rings is 2. The van der Waals surface area contributed by atoms with Crippen molar-refractivity contribution >= 4 is 23.4 Å². The maximum Gasteiger partial charge on any atom is 0.321 e. The van der Waals surface area contributed by atoms with Gasteiger partial charge in [0.2, 0.25) is 0 Å². The van der Waals surface area contributed by atoms with Crippen LogP contribution in [0.15, 0.2) is 36.4 Å². The van der Waals surface area contributed by atoms with Gasteiger partial charge in [-0.2, -0.15) is 0 Å². The summed E-state index contributed by atoms with van der Waals surface area (Å²) in [6.45, 7) is 6.87. The van der Waals surface area contributed by atoms with E-state index in [2.05, 4.69) is 30.2 Å². The Labute approximate surface area is 181 Å². The number of β-amino-alcohol motifs (C(OH)–C–C–N with tert-alkyl or cyclic N) is 1. The molecular weight excluding hydrogens is 401 g/mol. The van der Waals surface area contributed by atoms with Crippen molar-refractivity contribution < 1.29 is 14.3 Å². The third-order valence-electron chi connectivity index (χ3n) is 5.72. The molecule has 9 nitrogen and oxygen atoms in total. The monoisotopic (exact) mass is 429 g/mol. The predicted octanol–water partition coefficient (Wildman–Crippen LogP) is 1.08. The molecule has 166 valence electrons. The topological polar surface area (TPSA) is 88.1 Å². The average molecular weight is 430 g/mol. The van der Waals surface area contributed by atoms with E-state index >= 15 is 0 Å². The molecule has 2 amide bonds. The average Bonchev–Trinajstić information content (AvgIpc) is 2.80. The first-order chi connectivity index (χ1) is 15.1. The molecule has 0 bridgehead atoms. The van der Waals surface area contributed by atoms with Gasteiger partial charge >= 0.3 is 6.03 Å². The zero-order chi connectivity index (χ0) is 21.6. The van der Waals surface area contributed by atoms with Crippen LogP contribution in [0, 0.1) is 5.82 Å². The van der Waals surface area contributed by atoms with Crippen molar-refractivity contribution in [3.05, 3.63) is 42.2 Å². The number of aromatic nitrogens is 2. The molecule has 2 aliphatic rings. The number of aliphatic hydroxyl groups is 1. The Morgan fingerprint density at radius 3 is 2.10 bits per heavy atom. The minimum atomic E-state index is -0.378. The third-order valence-corrected chi connectivity index (χ3v) is 5.72. The number of benzene rings is 1. The molecule has 2 aromatic rings. The summed E-state index contributed by atoms with van der Waals surface area (Å²) in [5, 5.41) is 20.6. The van der Waals surface area contributed by atoms with Crippen molar-refractivity contribution in [2.24, 2.45) is 0 Å². The maximum atomic E-state index is 13.3. The second-order valence-corrected chi connectivity index (χ2v) is 7.72. The van der Waals surface area contributed by atoms with Gasteiger partial charge in [0, 0.05) is 64.6 Å². The lowest BCUT2D eigenvalue weighted by Gasteiger charge is -2.36. The molecule has 0 unspecified atom stereocenters. The zero-order valence-corrected chi connectivity index (χ0v) is 17.5. The van der Waals surface area contributed by atoms with Crippen LogP contribution in [0.3, 0.4) is 0 Å². The lowest BCUT2D eigenvalue weighted by Crippen LogP contribution is -2.50. The summed E-state index contributed by atoms with van der Waals surface area (Å²) in [5.74, 6) is 1.28. The van der Waals surface area contributed by atoms with E-state index < -0.39 is 0 Å². The fourth-order valence-corrected chi connectivity index (χ4v) is 3.90. The Hall–Kier alpha value is -2.98. The van der Waals surface area contributed by atoms with Crippen LogP contribution >= 0.6 is 0 Å². The van der Waals surface area contributed by atoms with Crippen LogP contribution in [-0.2, 0) is 0 Å². The van der Waals surface area contributed by atoms with Crippen molar-refractivity contribution in [2.75, 3.05) is 80.6 Å². The molecule has 3 heterocycles.